The van der Waals surface area contributed by atoms with Crippen molar-refractivity contribution in [3.63, 3.8) is 0 Å². The van der Waals surface area contributed by atoms with Gasteiger partial charge in [0.05, 0.1) is 5.69 Å². The molecule has 0 radical (unpaired) electrons. The Morgan fingerprint density at radius 1 is 1.26 bits per heavy atom. The molecule has 2 rings (SSSR count). The second-order valence-corrected chi connectivity index (χ2v) is 4.15. The predicted molar refractivity (Wildman–Crippen MR) is 77.0 cm³/mol. The van der Waals surface area contributed by atoms with E-state index in [4.69, 9.17) is 0 Å². The lowest BCUT2D eigenvalue weighted by atomic mass is 10.2. The van der Waals surface area contributed by atoms with Gasteiger partial charge in [0.2, 0.25) is 0 Å². The third-order valence-electron chi connectivity index (χ3n) is 2.73. The molecule has 0 fully saturated rings. The zero-order chi connectivity index (χ0) is 13.1. The molecule has 2 aromatic rings. The van der Waals surface area contributed by atoms with Gasteiger partial charge >= 0.3 is 0 Å². The molecular weight excluding hydrogens is 266 g/mol. The number of benzene rings is 1. The van der Waals surface area contributed by atoms with Crippen LogP contribution in [-0.2, 0) is 13.1 Å². The molecule has 0 aliphatic rings. The van der Waals surface area contributed by atoms with Crippen LogP contribution in [0.25, 0.3) is 0 Å². The Morgan fingerprint density at radius 2 is 2.00 bits per heavy atom. The van der Waals surface area contributed by atoms with Gasteiger partial charge in [-0.1, -0.05) is 0 Å². The van der Waals surface area contributed by atoms with Crippen LogP contribution >= 0.6 is 12.4 Å². The smallest absolute Gasteiger partial charge is 0.124 e. The third kappa shape index (κ3) is 3.54. The van der Waals surface area contributed by atoms with Crippen molar-refractivity contribution in [3.8, 4) is 11.5 Å². The average molecular weight is 284 g/mol. The van der Waals surface area contributed by atoms with Gasteiger partial charge in [-0.05, 0) is 26.0 Å². The minimum Gasteiger partial charge on any atom is -0.508 e. The number of hydrogen-bond donors (Lipinski definition) is 3. The molecule has 0 amide bonds. The van der Waals surface area contributed by atoms with Gasteiger partial charge in [-0.25, -0.2) is 4.68 Å². The van der Waals surface area contributed by atoms with Crippen molar-refractivity contribution >= 4 is 18.2 Å². The molecule has 19 heavy (non-hydrogen) atoms. The second kappa shape index (κ2) is 6.33. The van der Waals surface area contributed by atoms with E-state index in [0.29, 0.717) is 6.54 Å². The molecule has 1 aromatic heterocycles. The molecule has 0 spiro atoms. The standard InChI is InChI=1S/C13H17N3O2.ClH/c1-3-16-13(6-9(2)15-16)14-8-10-4-5-11(17)7-12(10)18;/h4-7,14,17-18H,3,8H2,1-2H3;1H. The number of aromatic nitrogens is 2. The van der Waals surface area contributed by atoms with Crippen LogP contribution in [0.3, 0.4) is 0 Å². The quantitative estimate of drug-likeness (QED) is 0.807. The number of rotatable bonds is 4. The summed E-state index contributed by atoms with van der Waals surface area (Å²) in [4.78, 5) is 0. The van der Waals surface area contributed by atoms with E-state index in [1.54, 1.807) is 12.1 Å². The maximum absolute atomic E-state index is 9.68. The molecule has 1 heterocycles. The first-order chi connectivity index (χ1) is 8.60. The maximum atomic E-state index is 9.68. The van der Waals surface area contributed by atoms with Crippen LogP contribution in [0.2, 0.25) is 0 Å². The number of nitrogens with zero attached hydrogens (tertiary/aromatic N) is 2. The van der Waals surface area contributed by atoms with Crippen LogP contribution in [0.1, 0.15) is 18.2 Å². The van der Waals surface area contributed by atoms with E-state index in [1.807, 2.05) is 24.6 Å². The van der Waals surface area contributed by atoms with Crippen LogP contribution in [0.5, 0.6) is 11.5 Å². The van der Waals surface area contributed by atoms with Crippen molar-refractivity contribution in [2.24, 2.45) is 0 Å². The molecule has 5 nitrogen and oxygen atoms in total. The Balaban J connectivity index is 0.00000180. The number of phenolic OH excluding ortho intramolecular Hbond substituents is 2. The first-order valence-electron chi connectivity index (χ1n) is 5.89. The third-order valence-corrected chi connectivity index (χ3v) is 2.73. The fourth-order valence-electron chi connectivity index (χ4n) is 1.82. The molecule has 0 unspecified atom stereocenters. The van der Waals surface area contributed by atoms with Crippen molar-refractivity contribution < 1.29 is 10.2 Å². The van der Waals surface area contributed by atoms with Crippen LogP contribution in [0.4, 0.5) is 5.82 Å². The van der Waals surface area contributed by atoms with Crippen molar-refractivity contribution in [3.05, 3.63) is 35.5 Å². The Hall–Kier alpha value is -1.88. The molecule has 0 bridgehead atoms. The van der Waals surface area contributed by atoms with Gasteiger partial charge in [0.25, 0.3) is 0 Å². The molecule has 104 valence electrons. The highest BCUT2D eigenvalue weighted by Gasteiger charge is 2.06. The Labute approximate surface area is 118 Å². The van der Waals surface area contributed by atoms with Crippen molar-refractivity contribution in [1.82, 2.24) is 9.78 Å². The van der Waals surface area contributed by atoms with E-state index >= 15 is 0 Å². The van der Waals surface area contributed by atoms with E-state index in [0.717, 1.165) is 23.6 Å². The van der Waals surface area contributed by atoms with E-state index in [9.17, 15) is 10.2 Å². The largest absolute Gasteiger partial charge is 0.508 e. The van der Waals surface area contributed by atoms with E-state index in [2.05, 4.69) is 10.4 Å². The van der Waals surface area contributed by atoms with Crippen LogP contribution in [0, 0.1) is 6.92 Å². The van der Waals surface area contributed by atoms with Crippen LogP contribution < -0.4 is 5.32 Å². The molecule has 0 saturated heterocycles. The zero-order valence-electron chi connectivity index (χ0n) is 10.9. The Bertz CT molecular complexity index is 555. The lowest BCUT2D eigenvalue weighted by Crippen LogP contribution is -2.06. The van der Waals surface area contributed by atoms with Gasteiger partial charge in [-0.2, -0.15) is 5.10 Å². The number of aryl methyl sites for hydroxylation is 2. The monoisotopic (exact) mass is 283 g/mol. The zero-order valence-corrected chi connectivity index (χ0v) is 11.7. The lowest BCUT2D eigenvalue weighted by molar-refractivity contribution is 0.446. The predicted octanol–water partition coefficient (Wildman–Crippen LogP) is 2.66. The number of phenols is 2. The van der Waals surface area contributed by atoms with E-state index < -0.39 is 0 Å². The lowest BCUT2D eigenvalue weighted by Gasteiger charge is -2.09. The molecule has 1 aromatic carbocycles. The van der Waals surface area contributed by atoms with E-state index in [1.165, 1.54) is 6.07 Å². The first-order valence-corrected chi connectivity index (χ1v) is 5.89. The SMILES string of the molecule is CCn1nc(C)cc1NCc1ccc(O)cc1O.Cl. The highest BCUT2D eigenvalue weighted by atomic mass is 35.5. The second-order valence-electron chi connectivity index (χ2n) is 4.15. The average Bonchev–Trinajstić information content (AvgIpc) is 2.68. The highest BCUT2D eigenvalue weighted by Crippen LogP contribution is 2.23. The summed E-state index contributed by atoms with van der Waals surface area (Å²) in [6.07, 6.45) is 0. The molecule has 0 aliphatic heterocycles. The highest BCUT2D eigenvalue weighted by molar-refractivity contribution is 5.85. The summed E-state index contributed by atoms with van der Waals surface area (Å²) < 4.78 is 1.87. The normalized spacial score (nSPS) is 10.0. The summed E-state index contributed by atoms with van der Waals surface area (Å²) in [6, 6.07) is 6.54. The number of nitrogens with one attached hydrogen (secondary N) is 1. The fourth-order valence-corrected chi connectivity index (χ4v) is 1.82. The van der Waals surface area contributed by atoms with E-state index in [-0.39, 0.29) is 23.9 Å². The van der Waals surface area contributed by atoms with Gasteiger partial charge < -0.3 is 15.5 Å². The summed E-state index contributed by atoms with van der Waals surface area (Å²) in [6.45, 7) is 5.24. The maximum Gasteiger partial charge on any atom is 0.124 e. The van der Waals surface area contributed by atoms with Gasteiger partial charge in [-0.15, -0.1) is 12.4 Å². The summed E-state index contributed by atoms with van der Waals surface area (Å²) in [7, 11) is 0. The van der Waals surface area contributed by atoms with Crippen LogP contribution in [0.15, 0.2) is 24.3 Å². The number of aromatic hydroxyl groups is 2. The van der Waals surface area contributed by atoms with Gasteiger partial charge in [0.1, 0.15) is 17.3 Å². The van der Waals surface area contributed by atoms with Gasteiger partial charge in [0, 0.05) is 30.8 Å². The molecule has 0 saturated carbocycles. The van der Waals surface area contributed by atoms with Crippen LogP contribution in [-0.4, -0.2) is 20.0 Å². The Kier molecular flexibility index (Phi) is 5.06. The number of halogens is 1. The van der Waals surface area contributed by atoms with Crippen molar-refractivity contribution in [2.45, 2.75) is 26.9 Å². The van der Waals surface area contributed by atoms with Gasteiger partial charge in [0.15, 0.2) is 0 Å². The van der Waals surface area contributed by atoms with Gasteiger partial charge in [-0.3, -0.25) is 0 Å². The molecule has 0 atom stereocenters. The topological polar surface area (TPSA) is 70.3 Å². The first kappa shape index (κ1) is 15.2. The molecule has 0 aliphatic carbocycles. The molecule has 3 N–H and O–H groups in total. The summed E-state index contributed by atoms with van der Waals surface area (Å²) in [5.41, 5.74) is 1.68. The summed E-state index contributed by atoms with van der Waals surface area (Å²) >= 11 is 0. The molecule has 6 heteroatoms. The minimum atomic E-state index is 0. The number of hydrogen-bond acceptors (Lipinski definition) is 4. The molecular formula is C13H18ClN3O2. The van der Waals surface area contributed by atoms with Crippen molar-refractivity contribution in [2.75, 3.05) is 5.32 Å². The number of anilines is 1. The Morgan fingerprint density at radius 3 is 2.63 bits per heavy atom. The summed E-state index contributed by atoms with van der Waals surface area (Å²) in [5, 5.41) is 26.4. The summed E-state index contributed by atoms with van der Waals surface area (Å²) in [5.74, 6) is 1.06. The minimum absolute atomic E-state index is 0. The fraction of sp³-hybridized carbons (Fsp3) is 0.308. The van der Waals surface area contributed by atoms with Crippen molar-refractivity contribution in [1.29, 1.82) is 0 Å².